The van der Waals surface area contributed by atoms with Crippen LogP contribution in [0.4, 0.5) is 0 Å². The Morgan fingerprint density at radius 2 is 1.50 bits per heavy atom. The van der Waals surface area contributed by atoms with Crippen molar-refractivity contribution in [3.8, 4) is 0 Å². The Kier molecular flexibility index (Phi) is 5.58. The van der Waals surface area contributed by atoms with Gasteiger partial charge in [0, 0.05) is 19.5 Å². The molecular weight excluding hydrogens is 345 g/mol. The molecule has 0 heterocycles. The van der Waals surface area contributed by atoms with Crippen LogP contribution < -0.4 is 0 Å². The fourth-order valence-corrected chi connectivity index (χ4v) is 0. The largest absolute Gasteiger partial charge is 0 e. The first-order chi connectivity index (χ1) is 2.00. The van der Waals surface area contributed by atoms with Gasteiger partial charge in [-0.1, -0.05) is 0 Å². The quantitative estimate of drug-likeness (QED) is 0.620. The Labute approximate surface area is 61.4 Å². The maximum Gasteiger partial charge on any atom is 0 e. The summed E-state index contributed by atoms with van der Waals surface area (Å²) < 4.78 is -0.500. The molecule has 6 heavy (non-hydrogen) atoms. The smallest absolute Gasteiger partial charge is 0 e. The molecule has 0 aliphatic carbocycles. The van der Waals surface area contributed by atoms with Gasteiger partial charge in [-0.05, 0) is 0 Å². The fraction of sp³-hybridized carbons (Fsp3) is 1.00. The molecule has 3 heteroatoms. The Bertz CT molecular complexity index is 26.3. The van der Waals surface area contributed by atoms with Crippen molar-refractivity contribution in [3.63, 3.8) is 0 Å². The maximum atomic E-state index is 8.52. The second-order valence-corrected chi connectivity index (χ2v) is 4.29. The number of hydrogen-bond acceptors (Lipinski definition) is 1. The van der Waals surface area contributed by atoms with Crippen molar-refractivity contribution >= 4 is 0 Å². The summed E-state index contributed by atoms with van der Waals surface area (Å²) in [6, 6.07) is 0. The van der Waals surface area contributed by atoms with E-state index in [-0.39, 0.29) is 19.5 Å². The van der Waals surface area contributed by atoms with Gasteiger partial charge in [0.15, 0.2) is 0 Å². The predicted octanol–water partition coefficient (Wildman–Crippen LogP) is 0.259. The van der Waals surface area contributed by atoms with Crippen LogP contribution in [0.15, 0.2) is 0 Å². The first-order valence-corrected chi connectivity index (χ1v) is 2.59. The van der Waals surface area contributed by atoms with Crippen LogP contribution in [-0.2, 0) is 38.4 Å². The van der Waals surface area contributed by atoms with Crippen molar-refractivity contribution in [1.82, 2.24) is 0 Å². The third kappa shape index (κ3) is 61.7. The van der Waals surface area contributed by atoms with Crippen LogP contribution >= 0.6 is 0 Å². The summed E-state index contributed by atoms with van der Waals surface area (Å²) >= 11 is 1.74. The molecule has 0 bridgehead atoms. The van der Waals surface area contributed by atoms with Crippen LogP contribution in [0.5, 0.6) is 0 Å². The Hall–Kier alpha value is 1.23. The molecule has 0 spiro atoms. The molecule has 42 valence electrons. The average Bonchev–Trinajstić information content (AvgIpc) is 0.722. The van der Waals surface area contributed by atoms with E-state index in [1.165, 1.54) is 0 Å². The summed E-state index contributed by atoms with van der Waals surface area (Å²) in [4.78, 5) is 0. The zero-order valence-corrected chi connectivity index (χ0v) is 7.77. The fourth-order valence-electron chi connectivity index (χ4n) is 0. The van der Waals surface area contributed by atoms with Gasteiger partial charge in [0.1, 0.15) is 0 Å². The maximum absolute atomic E-state index is 8.52. The molecule has 0 radical (unpaired) electrons. The molecular formula is C3H7IrORu. The zero-order valence-electron chi connectivity index (χ0n) is 3.63. The van der Waals surface area contributed by atoms with Gasteiger partial charge in [-0.25, -0.2) is 0 Å². The topological polar surface area (TPSA) is 20.2 Å². The van der Waals surface area contributed by atoms with E-state index >= 15 is 0 Å². The molecule has 0 fully saturated rings. The molecule has 1 N–H and O–H groups in total. The van der Waals surface area contributed by atoms with Crippen molar-refractivity contribution in [2.45, 2.75) is 18.0 Å². The average molecular weight is 352 g/mol. The molecule has 0 unspecified atom stereocenters. The number of hydrogen-bond donors (Lipinski definition) is 1. The summed E-state index contributed by atoms with van der Waals surface area (Å²) in [6.07, 6.45) is 0. The Morgan fingerprint density at radius 3 is 1.50 bits per heavy atom. The van der Waals surface area contributed by atoms with Crippen LogP contribution in [0.25, 0.3) is 0 Å². The monoisotopic (exact) mass is 354 g/mol. The second kappa shape index (κ2) is 3.26. The Morgan fingerprint density at radius 1 is 1.50 bits per heavy atom. The summed E-state index contributed by atoms with van der Waals surface area (Å²) in [5.41, 5.74) is 0. The molecule has 0 aliphatic heterocycles. The molecule has 1 nitrogen and oxygen atoms in total. The van der Waals surface area contributed by atoms with Gasteiger partial charge in [0.2, 0.25) is 0 Å². The van der Waals surface area contributed by atoms with Crippen LogP contribution in [0.1, 0.15) is 13.8 Å². The summed E-state index contributed by atoms with van der Waals surface area (Å²) in [5.74, 6) is 0. The van der Waals surface area contributed by atoms with Gasteiger partial charge in [-0.2, -0.15) is 0 Å². The first-order valence-electron chi connectivity index (χ1n) is 1.39. The van der Waals surface area contributed by atoms with Gasteiger partial charge in [-0.15, -0.1) is 0 Å². The second-order valence-electron chi connectivity index (χ2n) is 1.36. The van der Waals surface area contributed by atoms with Crippen molar-refractivity contribution < 1.29 is 43.5 Å². The predicted molar refractivity (Wildman–Crippen MR) is 16.3 cm³/mol. The molecule has 0 amide bonds. The number of aliphatic hydroxyl groups is 1. The third-order valence-corrected chi connectivity index (χ3v) is 0. The van der Waals surface area contributed by atoms with E-state index in [1.807, 2.05) is 0 Å². The molecule has 0 saturated heterocycles. The van der Waals surface area contributed by atoms with E-state index in [1.54, 1.807) is 32.7 Å². The van der Waals surface area contributed by atoms with Gasteiger partial charge >= 0.3 is 42.0 Å². The number of rotatable bonds is 0. The molecule has 0 aromatic rings. The normalized spacial score (nSPS) is 10.2. The first kappa shape index (κ1) is 10.3. The van der Waals surface area contributed by atoms with E-state index in [0.717, 1.165) is 0 Å². The van der Waals surface area contributed by atoms with E-state index in [4.69, 9.17) is 5.11 Å². The Balaban J connectivity index is 0. The van der Waals surface area contributed by atoms with E-state index in [9.17, 15) is 0 Å². The van der Waals surface area contributed by atoms with Gasteiger partial charge < -0.3 is 0 Å². The SMILES string of the molecule is C[C](C)(O)[Ir].[Ru]. The summed E-state index contributed by atoms with van der Waals surface area (Å²) in [5, 5.41) is 8.52. The molecule has 0 saturated carbocycles. The van der Waals surface area contributed by atoms with Crippen LogP contribution in [0, 0.1) is 0 Å². The molecule has 0 rings (SSSR count). The molecule has 0 aliphatic rings. The van der Waals surface area contributed by atoms with Crippen molar-refractivity contribution in [2.75, 3.05) is 0 Å². The molecule has 0 atom stereocenters. The van der Waals surface area contributed by atoms with Gasteiger partial charge in [-0.3, -0.25) is 0 Å². The minimum absolute atomic E-state index is 0. The summed E-state index contributed by atoms with van der Waals surface area (Å²) in [6.45, 7) is 3.49. The van der Waals surface area contributed by atoms with Crippen LogP contribution in [-0.4, -0.2) is 9.22 Å². The van der Waals surface area contributed by atoms with E-state index in [0.29, 0.717) is 0 Å². The third-order valence-electron chi connectivity index (χ3n) is 0. The zero-order chi connectivity index (χ0) is 4.50. The molecule has 0 aromatic heterocycles. The molecule has 0 aromatic carbocycles. The van der Waals surface area contributed by atoms with E-state index < -0.39 is 4.11 Å². The standard InChI is InChI=1S/C3H7O.Ir.Ru/c1-3(2)4;;/h4H,1-2H3;;. The minimum atomic E-state index is -0.500. The van der Waals surface area contributed by atoms with Crippen LogP contribution in [0.3, 0.4) is 0 Å². The van der Waals surface area contributed by atoms with Crippen LogP contribution in [0.2, 0.25) is 0 Å². The van der Waals surface area contributed by atoms with Crippen molar-refractivity contribution in [2.24, 2.45) is 0 Å². The van der Waals surface area contributed by atoms with Gasteiger partial charge in [0.05, 0.1) is 0 Å². The van der Waals surface area contributed by atoms with Gasteiger partial charge in [0.25, 0.3) is 0 Å². The minimum Gasteiger partial charge on any atom is 0 e. The van der Waals surface area contributed by atoms with Crippen molar-refractivity contribution in [3.05, 3.63) is 0 Å². The summed E-state index contributed by atoms with van der Waals surface area (Å²) in [7, 11) is 0. The van der Waals surface area contributed by atoms with Crippen molar-refractivity contribution in [1.29, 1.82) is 0 Å². The van der Waals surface area contributed by atoms with E-state index in [2.05, 4.69) is 0 Å².